The molecule has 41 heavy (non-hydrogen) atoms. The molecule has 0 aromatic heterocycles. The van der Waals surface area contributed by atoms with Gasteiger partial charge in [0.05, 0.1) is 5.02 Å². The fourth-order valence-electron chi connectivity index (χ4n) is 3.81. The summed E-state index contributed by atoms with van der Waals surface area (Å²) in [5.41, 5.74) is 4.86. The number of halogens is 1. The van der Waals surface area contributed by atoms with Gasteiger partial charge < -0.3 is 10.4 Å². The monoisotopic (exact) mass is 594 g/mol. The van der Waals surface area contributed by atoms with Gasteiger partial charge in [0.15, 0.2) is 0 Å². The number of benzene rings is 3. The Morgan fingerprint density at radius 2 is 1.68 bits per heavy atom. The van der Waals surface area contributed by atoms with E-state index >= 15 is 0 Å². The lowest BCUT2D eigenvalue weighted by atomic mass is 10.0. The van der Waals surface area contributed by atoms with Crippen molar-refractivity contribution in [2.75, 3.05) is 5.32 Å². The van der Waals surface area contributed by atoms with E-state index in [1.165, 1.54) is 18.6 Å². The van der Waals surface area contributed by atoms with E-state index in [4.69, 9.17) is 11.6 Å². The number of anilines is 1. The third-order valence-electron chi connectivity index (χ3n) is 5.76. The Morgan fingerprint density at radius 3 is 2.27 bits per heavy atom. The Balaban J connectivity index is 0.000000642. The second kappa shape index (κ2) is 15.7. The maximum Gasteiger partial charge on any atom is 0.322 e. The summed E-state index contributed by atoms with van der Waals surface area (Å²) in [7, 11) is -4.14. The average Bonchev–Trinajstić information content (AvgIpc) is 2.90. The summed E-state index contributed by atoms with van der Waals surface area (Å²) in [5, 5.41) is 12.4. The van der Waals surface area contributed by atoms with Gasteiger partial charge in [-0.15, -0.1) is 0 Å². The summed E-state index contributed by atoms with van der Waals surface area (Å²) in [4.78, 5) is 22.9. The first-order valence-corrected chi connectivity index (χ1v) is 14.6. The largest absolute Gasteiger partial charge is 0.480 e. The van der Waals surface area contributed by atoms with Gasteiger partial charge in [-0.1, -0.05) is 96.6 Å². The van der Waals surface area contributed by atoms with Crippen molar-refractivity contribution in [1.29, 1.82) is 0 Å². The third-order valence-corrected chi connectivity index (χ3v) is 7.89. The number of allylic oxidation sites excluding steroid dienone is 5. The van der Waals surface area contributed by atoms with Crippen molar-refractivity contribution in [1.82, 2.24) is 4.72 Å². The highest BCUT2D eigenvalue weighted by Gasteiger charge is 2.27. The van der Waals surface area contributed by atoms with Crippen LogP contribution in [0.4, 0.5) is 5.69 Å². The smallest absolute Gasteiger partial charge is 0.322 e. The van der Waals surface area contributed by atoms with Gasteiger partial charge in [0, 0.05) is 12.6 Å². The van der Waals surface area contributed by atoms with Crippen molar-refractivity contribution in [2.45, 2.75) is 45.1 Å². The number of hydrogen-bond donors (Lipinski definition) is 3. The first-order valence-electron chi connectivity index (χ1n) is 12.8. The van der Waals surface area contributed by atoms with E-state index in [0.29, 0.717) is 16.8 Å². The molecule has 0 aliphatic rings. The number of carboxylic acid groups (broad SMARTS) is 1. The minimum Gasteiger partial charge on any atom is -0.480 e. The van der Waals surface area contributed by atoms with Crippen molar-refractivity contribution in [3.8, 4) is 11.1 Å². The average molecular weight is 595 g/mol. The van der Waals surface area contributed by atoms with Gasteiger partial charge in [-0.25, -0.2) is 8.42 Å². The lowest BCUT2D eigenvalue weighted by molar-refractivity contribution is -0.138. The van der Waals surface area contributed by atoms with Crippen LogP contribution in [0.25, 0.3) is 11.1 Å². The van der Waals surface area contributed by atoms with Gasteiger partial charge in [0.2, 0.25) is 15.9 Å². The Kier molecular flexibility index (Phi) is 12.7. The van der Waals surface area contributed by atoms with Crippen LogP contribution in [-0.2, 0) is 26.0 Å². The van der Waals surface area contributed by atoms with E-state index in [-0.39, 0.29) is 22.2 Å². The number of carbonyl (C=O) groups is 2. The summed E-state index contributed by atoms with van der Waals surface area (Å²) >= 11 is 6.13. The van der Waals surface area contributed by atoms with Crippen LogP contribution in [-0.4, -0.2) is 31.4 Å². The molecule has 3 N–H and O–H groups in total. The SMILES string of the molecule is C=C/C=C(C)\C=C/C.CC(=O)Nc1cccc(-c2ccc(CC(NS(=O)(=O)c3cccc(C)c3Cl)C(=O)O)cc2)c1. The number of amides is 1. The molecule has 0 saturated heterocycles. The summed E-state index contributed by atoms with van der Waals surface area (Å²) in [5.74, 6) is -1.47. The molecule has 0 radical (unpaired) electrons. The summed E-state index contributed by atoms with van der Waals surface area (Å²) < 4.78 is 27.8. The molecule has 0 aliphatic carbocycles. The number of aryl methyl sites for hydroxylation is 1. The zero-order valence-electron chi connectivity index (χ0n) is 23.5. The third kappa shape index (κ3) is 10.5. The molecule has 3 aromatic rings. The molecule has 7 nitrogen and oxygen atoms in total. The molecule has 9 heteroatoms. The Labute approximate surface area is 247 Å². The van der Waals surface area contributed by atoms with Crippen molar-refractivity contribution in [3.05, 3.63) is 119 Å². The van der Waals surface area contributed by atoms with E-state index in [1.807, 2.05) is 62.4 Å². The quantitative estimate of drug-likeness (QED) is 0.220. The van der Waals surface area contributed by atoms with E-state index in [2.05, 4.69) is 16.6 Å². The van der Waals surface area contributed by atoms with E-state index < -0.39 is 22.0 Å². The zero-order valence-corrected chi connectivity index (χ0v) is 25.1. The topological polar surface area (TPSA) is 113 Å². The number of nitrogens with one attached hydrogen (secondary N) is 2. The molecule has 1 unspecified atom stereocenters. The normalized spacial score (nSPS) is 12.3. The highest BCUT2D eigenvalue weighted by molar-refractivity contribution is 7.89. The van der Waals surface area contributed by atoms with Crippen molar-refractivity contribution in [2.24, 2.45) is 0 Å². The standard InChI is InChI=1S/C24H23ClN2O5S.C8H12/c1-15-5-3-8-22(23(15)25)33(31,32)27-21(24(29)30)13-17-9-11-18(12-10-17)19-6-4-7-20(14-19)26-16(2)28;1-4-6-8(3)7-5-2/h3-12,14,21,27H,13H2,1-2H3,(H,26,28)(H,29,30);4-7H,1H2,2-3H3/b;7-5-,8-6-. The molecule has 0 heterocycles. The number of hydrogen-bond acceptors (Lipinski definition) is 4. The van der Waals surface area contributed by atoms with Gasteiger partial charge in [0.1, 0.15) is 10.9 Å². The molecule has 3 aromatic carbocycles. The number of sulfonamides is 1. The summed E-state index contributed by atoms with van der Waals surface area (Å²) in [6, 6.07) is 17.6. The fourth-order valence-corrected chi connectivity index (χ4v) is 5.58. The van der Waals surface area contributed by atoms with E-state index in [9.17, 15) is 23.1 Å². The van der Waals surface area contributed by atoms with E-state index in [0.717, 1.165) is 11.1 Å². The highest BCUT2D eigenvalue weighted by Crippen LogP contribution is 2.26. The van der Waals surface area contributed by atoms with Crippen LogP contribution in [0.1, 0.15) is 31.9 Å². The van der Waals surface area contributed by atoms with Crippen LogP contribution in [0.5, 0.6) is 0 Å². The predicted octanol–water partition coefficient (Wildman–Crippen LogP) is 6.94. The van der Waals surface area contributed by atoms with Gasteiger partial charge in [-0.05, 0) is 67.6 Å². The van der Waals surface area contributed by atoms with Crippen LogP contribution in [0, 0.1) is 6.92 Å². The highest BCUT2D eigenvalue weighted by atomic mass is 35.5. The van der Waals surface area contributed by atoms with Crippen LogP contribution in [0.3, 0.4) is 0 Å². The first-order chi connectivity index (χ1) is 19.4. The molecule has 0 fully saturated rings. The van der Waals surface area contributed by atoms with Gasteiger partial charge in [-0.3, -0.25) is 9.59 Å². The molecule has 1 amide bonds. The molecule has 1 atom stereocenters. The van der Waals surface area contributed by atoms with Crippen LogP contribution >= 0.6 is 11.6 Å². The second-order valence-electron chi connectivity index (χ2n) is 9.21. The Bertz CT molecular complexity index is 1540. The number of rotatable bonds is 10. The number of carboxylic acids is 1. The Morgan fingerprint density at radius 1 is 1.02 bits per heavy atom. The molecular formula is C32H35ClN2O5S. The second-order valence-corrected chi connectivity index (χ2v) is 11.3. The van der Waals surface area contributed by atoms with Gasteiger partial charge >= 0.3 is 5.97 Å². The molecule has 216 valence electrons. The van der Waals surface area contributed by atoms with Crippen molar-refractivity contribution < 1.29 is 23.1 Å². The van der Waals surface area contributed by atoms with Gasteiger partial charge in [0.25, 0.3) is 0 Å². The Hall–Kier alpha value is -3.98. The fraction of sp³-hybridized carbons (Fsp3) is 0.188. The molecule has 0 saturated carbocycles. The lowest BCUT2D eigenvalue weighted by Gasteiger charge is -2.16. The van der Waals surface area contributed by atoms with Crippen LogP contribution < -0.4 is 10.0 Å². The first kappa shape index (κ1) is 33.2. The summed E-state index contributed by atoms with van der Waals surface area (Å²) in [6.45, 7) is 10.7. The van der Waals surface area contributed by atoms with Crippen molar-refractivity contribution >= 4 is 39.2 Å². The molecule has 0 aliphatic heterocycles. The van der Waals surface area contributed by atoms with Crippen LogP contribution in [0.2, 0.25) is 5.02 Å². The van der Waals surface area contributed by atoms with Crippen LogP contribution in [0.15, 0.2) is 108 Å². The summed E-state index contributed by atoms with van der Waals surface area (Å²) in [6.07, 6.45) is 7.76. The maximum absolute atomic E-state index is 12.8. The number of aliphatic carboxylic acids is 1. The minimum atomic E-state index is -4.14. The predicted molar refractivity (Wildman–Crippen MR) is 167 cm³/mol. The van der Waals surface area contributed by atoms with Crippen molar-refractivity contribution in [3.63, 3.8) is 0 Å². The molecule has 0 spiro atoms. The minimum absolute atomic E-state index is 0.0514. The molecular weight excluding hydrogens is 560 g/mol. The number of carbonyl (C=O) groups excluding carboxylic acids is 1. The lowest BCUT2D eigenvalue weighted by Crippen LogP contribution is -2.42. The molecule has 0 bridgehead atoms. The van der Waals surface area contributed by atoms with Gasteiger partial charge in [-0.2, -0.15) is 4.72 Å². The van der Waals surface area contributed by atoms with E-state index in [1.54, 1.807) is 43.3 Å². The maximum atomic E-state index is 12.8. The molecule has 3 rings (SSSR count). The zero-order chi connectivity index (χ0) is 30.6.